The second kappa shape index (κ2) is 4.41. The fourth-order valence-corrected chi connectivity index (χ4v) is 1.60. The van der Waals surface area contributed by atoms with E-state index in [4.69, 9.17) is 15.0 Å². The molecule has 96 valence electrons. The normalized spacial score (nSPS) is 10.6. The number of anilines is 1. The van der Waals surface area contributed by atoms with Crippen molar-refractivity contribution in [3.63, 3.8) is 0 Å². The first-order valence-corrected chi connectivity index (χ1v) is 5.35. The first-order chi connectivity index (χ1) is 9.29. The lowest BCUT2D eigenvalue weighted by Crippen LogP contribution is -1.90. The summed E-state index contributed by atoms with van der Waals surface area (Å²) in [5.41, 5.74) is 6.48. The molecule has 0 aliphatic carbocycles. The van der Waals surface area contributed by atoms with Gasteiger partial charge in [0.25, 0.3) is 5.89 Å². The zero-order valence-electron chi connectivity index (χ0n) is 9.90. The monoisotopic (exact) mass is 259 g/mol. The van der Waals surface area contributed by atoms with Gasteiger partial charge in [-0.3, -0.25) is 0 Å². The van der Waals surface area contributed by atoms with Crippen LogP contribution < -0.4 is 10.5 Å². The highest BCUT2D eigenvalue weighted by Gasteiger charge is 2.19. The second-order valence-electron chi connectivity index (χ2n) is 3.62. The molecule has 3 rings (SSSR count). The fourth-order valence-electron chi connectivity index (χ4n) is 1.60. The molecule has 1 aromatic carbocycles. The van der Waals surface area contributed by atoms with Gasteiger partial charge in [-0.15, -0.1) is 0 Å². The van der Waals surface area contributed by atoms with E-state index in [1.165, 1.54) is 0 Å². The number of aromatic nitrogens is 4. The molecule has 8 nitrogen and oxygen atoms in total. The van der Waals surface area contributed by atoms with E-state index in [0.717, 1.165) is 0 Å². The van der Waals surface area contributed by atoms with Crippen molar-refractivity contribution in [3.8, 4) is 28.7 Å². The van der Waals surface area contributed by atoms with Crippen molar-refractivity contribution in [1.29, 1.82) is 0 Å². The fraction of sp³-hybridized carbons (Fsp3) is 0.0909. The van der Waals surface area contributed by atoms with Crippen LogP contribution in [0.15, 0.2) is 33.4 Å². The highest BCUT2D eigenvalue weighted by molar-refractivity contribution is 5.67. The first-order valence-electron chi connectivity index (χ1n) is 5.35. The summed E-state index contributed by atoms with van der Waals surface area (Å²) in [7, 11) is 1.57. The Kier molecular flexibility index (Phi) is 2.60. The minimum absolute atomic E-state index is 0.0928. The van der Waals surface area contributed by atoms with Gasteiger partial charge in [0, 0.05) is 0 Å². The summed E-state index contributed by atoms with van der Waals surface area (Å²) < 4.78 is 14.8. The number of hydrogen-bond donors (Lipinski definition) is 1. The van der Waals surface area contributed by atoms with Gasteiger partial charge in [-0.05, 0) is 22.4 Å². The van der Waals surface area contributed by atoms with Gasteiger partial charge in [0.05, 0.1) is 12.7 Å². The van der Waals surface area contributed by atoms with Gasteiger partial charge in [0.15, 0.2) is 0 Å². The number of nitrogens with two attached hydrogens (primary N) is 1. The SMILES string of the molecule is COc1ccccc1-c1noc(-c2nonc2N)n1. The number of rotatable bonds is 3. The highest BCUT2D eigenvalue weighted by Crippen LogP contribution is 2.29. The van der Waals surface area contributed by atoms with Gasteiger partial charge in [0.2, 0.25) is 17.3 Å². The quantitative estimate of drug-likeness (QED) is 0.750. The number of para-hydroxylation sites is 1. The topological polar surface area (TPSA) is 113 Å². The third-order valence-corrected chi connectivity index (χ3v) is 2.49. The Bertz CT molecular complexity index is 706. The van der Waals surface area contributed by atoms with E-state index in [1.807, 2.05) is 18.2 Å². The van der Waals surface area contributed by atoms with Gasteiger partial charge < -0.3 is 15.0 Å². The van der Waals surface area contributed by atoms with Crippen LogP contribution in [0.2, 0.25) is 0 Å². The summed E-state index contributed by atoms with van der Waals surface area (Å²) >= 11 is 0. The molecule has 0 aliphatic heterocycles. The van der Waals surface area contributed by atoms with E-state index < -0.39 is 0 Å². The minimum Gasteiger partial charge on any atom is -0.496 e. The molecular formula is C11H9N5O3. The molecule has 0 bridgehead atoms. The van der Waals surface area contributed by atoms with Crippen LogP contribution in [0.3, 0.4) is 0 Å². The van der Waals surface area contributed by atoms with Gasteiger partial charge >= 0.3 is 0 Å². The Morgan fingerprint density at radius 2 is 2.00 bits per heavy atom. The number of nitrogens with zero attached hydrogens (tertiary/aromatic N) is 4. The van der Waals surface area contributed by atoms with Crippen LogP contribution in [0.5, 0.6) is 5.75 Å². The summed E-state index contributed by atoms with van der Waals surface area (Å²) in [4.78, 5) is 4.19. The van der Waals surface area contributed by atoms with Gasteiger partial charge in [-0.2, -0.15) is 4.98 Å². The molecule has 2 N–H and O–H groups in total. The number of nitrogen functional groups attached to an aromatic ring is 1. The van der Waals surface area contributed by atoms with Crippen LogP contribution in [0.4, 0.5) is 5.82 Å². The van der Waals surface area contributed by atoms with Crippen LogP contribution in [0.1, 0.15) is 0 Å². The standard InChI is InChI=1S/C11H9N5O3/c1-17-7-5-3-2-4-6(7)10-13-11(18-16-10)8-9(12)15-19-14-8/h2-5H,1H3,(H2,12,15). The minimum atomic E-state index is 0.0928. The molecule has 0 saturated heterocycles. The molecule has 0 unspecified atom stereocenters. The summed E-state index contributed by atoms with van der Waals surface area (Å²) in [6.07, 6.45) is 0. The molecule has 0 fully saturated rings. The number of ether oxygens (including phenoxy) is 1. The average Bonchev–Trinajstić information content (AvgIpc) is 3.07. The van der Waals surface area contributed by atoms with E-state index in [2.05, 4.69) is 25.1 Å². The predicted octanol–water partition coefficient (Wildman–Crippen LogP) is 1.38. The van der Waals surface area contributed by atoms with Crippen molar-refractivity contribution >= 4 is 5.82 Å². The molecule has 3 aromatic rings. The van der Waals surface area contributed by atoms with Crippen molar-refractivity contribution in [2.75, 3.05) is 12.8 Å². The lowest BCUT2D eigenvalue weighted by molar-refractivity contribution is 0.308. The Hall–Kier alpha value is -2.90. The molecule has 2 heterocycles. The number of hydrogen-bond acceptors (Lipinski definition) is 8. The van der Waals surface area contributed by atoms with Crippen molar-refractivity contribution in [1.82, 2.24) is 20.5 Å². The predicted molar refractivity (Wildman–Crippen MR) is 64.0 cm³/mol. The Balaban J connectivity index is 2.04. The van der Waals surface area contributed by atoms with Crippen molar-refractivity contribution < 1.29 is 13.9 Å². The van der Waals surface area contributed by atoms with Gasteiger partial charge in [0.1, 0.15) is 5.75 Å². The molecule has 0 saturated carbocycles. The van der Waals surface area contributed by atoms with E-state index in [9.17, 15) is 0 Å². The molecule has 0 radical (unpaired) electrons. The molecule has 0 aliphatic rings. The lowest BCUT2D eigenvalue weighted by atomic mass is 10.2. The van der Waals surface area contributed by atoms with Crippen molar-refractivity contribution in [2.24, 2.45) is 0 Å². The van der Waals surface area contributed by atoms with Crippen LogP contribution in [-0.4, -0.2) is 27.6 Å². The lowest BCUT2D eigenvalue weighted by Gasteiger charge is -2.02. The maximum absolute atomic E-state index is 5.56. The summed E-state index contributed by atoms with van der Waals surface area (Å²) in [5.74, 6) is 1.24. The molecule has 0 amide bonds. The van der Waals surface area contributed by atoms with E-state index in [0.29, 0.717) is 17.1 Å². The maximum Gasteiger partial charge on any atom is 0.284 e. The zero-order chi connectivity index (χ0) is 13.2. The third kappa shape index (κ3) is 1.88. The second-order valence-corrected chi connectivity index (χ2v) is 3.62. The third-order valence-electron chi connectivity index (χ3n) is 2.49. The Labute approximate surface area is 107 Å². The molecule has 19 heavy (non-hydrogen) atoms. The molecular weight excluding hydrogens is 250 g/mol. The van der Waals surface area contributed by atoms with Gasteiger partial charge in [-0.25, -0.2) is 4.63 Å². The first kappa shape index (κ1) is 11.2. The van der Waals surface area contributed by atoms with Gasteiger partial charge in [-0.1, -0.05) is 17.3 Å². The van der Waals surface area contributed by atoms with Crippen LogP contribution in [0.25, 0.3) is 23.0 Å². The molecule has 2 aromatic heterocycles. The summed E-state index contributed by atoms with van der Waals surface area (Å²) in [5, 5.41) is 10.9. The van der Waals surface area contributed by atoms with Crippen molar-refractivity contribution in [2.45, 2.75) is 0 Å². The Morgan fingerprint density at radius 3 is 2.74 bits per heavy atom. The average molecular weight is 259 g/mol. The summed E-state index contributed by atoms with van der Waals surface area (Å²) in [6.45, 7) is 0. The van der Waals surface area contributed by atoms with E-state index >= 15 is 0 Å². The van der Waals surface area contributed by atoms with Crippen LogP contribution in [0, 0.1) is 0 Å². The zero-order valence-corrected chi connectivity index (χ0v) is 9.90. The largest absolute Gasteiger partial charge is 0.496 e. The van der Waals surface area contributed by atoms with E-state index in [1.54, 1.807) is 13.2 Å². The van der Waals surface area contributed by atoms with Crippen LogP contribution in [-0.2, 0) is 0 Å². The Morgan fingerprint density at radius 1 is 1.16 bits per heavy atom. The smallest absolute Gasteiger partial charge is 0.284 e. The highest BCUT2D eigenvalue weighted by atomic mass is 16.6. The van der Waals surface area contributed by atoms with Crippen molar-refractivity contribution in [3.05, 3.63) is 24.3 Å². The number of methoxy groups -OCH3 is 1. The molecule has 8 heteroatoms. The van der Waals surface area contributed by atoms with Crippen LogP contribution >= 0.6 is 0 Å². The molecule has 0 spiro atoms. The van der Waals surface area contributed by atoms with E-state index in [-0.39, 0.29) is 17.4 Å². The summed E-state index contributed by atoms with van der Waals surface area (Å²) in [6, 6.07) is 7.32. The molecule has 0 atom stereocenters. The number of benzene rings is 1. The maximum atomic E-state index is 5.56.